The van der Waals surface area contributed by atoms with E-state index in [9.17, 15) is 9.59 Å². The van der Waals surface area contributed by atoms with Crippen molar-refractivity contribution in [1.82, 2.24) is 19.5 Å². The van der Waals surface area contributed by atoms with Gasteiger partial charge in [0.1, 0.15) is 12.0 Å². The topological polar surface area (TPSA) is 88.8 Å². The van der Waals surface area contributed by atoms with Gasteiger partial charge in [-0.25, -0.2) is 9.50 Å². The van der Waals surface area contributed by atoms with Crippen molar-refractivity contribution >= 4 is 23.1 Å². The largest absolute Gasteiger partial charge is 0.378 e. The lowest BCUT2D eigenvalue weighted by Crippen LogP contribution is -2.41. The number of fused-ring (bicyclic) bond motifs is 1. The van der Waals surface area contributed by atoms with E-state index in [4.69, 9.17) is 4.74 Å². The number of anilines is 1. The third-order valence-corrected chi connectivity index (χ3v) is 4.56. The summed E-state index contributed by atoms with van der Waals surface area (Å²) in [5.41, 5.74) is 2.96. The third kappa shape index (κ3) is 3.39. The Kier molecular flexibility index (Phi) is 4.55. The monoisotopic (exact) mass is 365 g/mol. The van der Waals surface area contributed by atoms with Crippen LogP contribution < -0.4 is 5.32 Å². The summed E-state index contributed by atoms with van der Waals surface area (Å²) in [5, 5.41) is 6.92. The number of carbonyl (C=O) groups is 2. The zero-order valence-electron chi connectivity index (χ0n) is 14.9. The van der Waals surface area contributed by atoms with Crippen LogP contribution in [-0.2, 0) is 4.74 Å². The van der Waals surface area contributed by atoms with E-state index >= 15 is 0 Å². The number of hydrogen-bond acceptors (Lipinski definition) is 5. The Morgan fingerprint density at radius 3 is 2.78 bits per heavy atom. The van der Waals surface area contributed by atoms with Crippen LogP contribution in [0.25, 0.3) is 5.65 Å². The van der Waals surface area contributed by atoms with Gasteiger partial charge in [-0.3, -0.25) is 9.59 Å². The molecule has 2 aromatic heterocycles. The average molecular weight is 365 g/mol. The Balaban J connectivity index is 1.58. The molecule has 1 N–H and O–H groups in total. The SMILES string of the molecule is Cc1ccc(NC(=O)c2cccc3ncnn23)cc1C(=O)N1CCOCC1. The number of aromatic nitrogens is 3. The molecule has 4 rings (SSSR count). The van der Waals surface area contributed by atoms with E-state index < -0.39 is 0 Å². The number of hydrogen-bond donors (Lipinski definition) is 1. The standard InChI is InChI=1S/C19H19N5O3/c1-13-5-6-14(11-15(13)19(26)23-7-9-27-10-8-23)22-18(25)16-3-2-4-17-20-12-21-24(16)17/h2-6,11-12H,7-10H2,1H3,(H,22,25). The first-order valence-corrected chi connectivity index (χ1v) is 8.71. The second-order valence-electron chi connectivity index (χ2n) is 6.33. The van der Waals surface area contributed by atoms with Gasteiger partial charge in [0.2, 0.25) is 0 Å². The van der Waals surface area contributed by atoms with Crippen LogP contribution in [0.15, 0.2) is 42.7 Å². The van der Waals surface area contributed by atoms with Gasteiger partial charge in [-0.1, -0.05) is 12.1 Å². The normalized spacial score (nSPS) is 14.3. The van der Waals surface area contributed by atoms with E-state index in [1.165, 1.54) is 10.8 Å². The lowest BCUT2D eigenvalue weighted by Gasteiger charge is -2.27. The number of aryl methyl sites for hydroxylation is 1. The third-order valence-electron chi connectivity index (χ3n) is 4.56. The van der Waals surface area contributed by atoms with Gasteiger partial charge >= 0.3 is 0 Å². The van der Waals surface area contributed by atoms with Crippen LogP contribution in [0.1, 0.15) is 26.4 Å². The van der Waals surface area contributed by atoms with Gasteiger partial charge in [0.05, 0.1) is 13.2 Å². The maximum atomic E-state index is 12.8. The highest BCUT2D eigenvalue weighted by atomic mass is 16.5. The van der Waals surface area contributed by atoms with Crippen LogP contribution in [-0.4, -0.2) is 57.6 Å². The van der Waals surface area contributed by atoms with Crippen molar-refractivity contribution in [1.29, 1.82) is 0 Å². The van der Waals surface area contributed by atoms with Crippen LogP contribution in [0.2, 0.25) is 0 Å². The summed E-state index contributed by atoms with van der Waals surface area (Å²) in [6.45, 7) is 4.12. The maximum absolute atomic E-state index is 12.8. The van der Waals surface area contributed by atoms with E-state index in [1.807, 2.05) is 13.0 Å². The van der Waals surface area contributed by atoms with E-state index in [1.54, 1.807) is 35.2 Å². The quantitative estimate of drug-likeness (QED) is 0.764. The molecule has 1 fully saturated rings. The Morgan fingerprint density at radius 2 is 1.96 bits per heavy atom. The molecule has 2 amide bonds. The number of ether oxygens (including phenoxy) is 1. The van der Waals surface area contributed by atoms with Crippen LogP contribution in [0.5, 0.6) is 0 Å². The molecule has 0 unspecified atom stereocenters. The molecule has 0 aliphatic carbocycles. The predicted molar refractivity (Wildman–Crippen MR) is 98.8 cm³/mol. The first-order valence-electron chi connectivity index (χ1n) is 8.71. The highest BCUT2D eigenvalue weighted by Crippen LogP contribution is 2.19. The van der Waals surface area contributed by atoms with Gasteiger partial charge in [-0.05, 0) is 36.8 Å². The Bertz CT molecular complexity index is 1010. The number of morpholine rings is 1. The second-order valence-corrected chi connectivity index (χ2v) is 6.33. The Hall–Kier alpha value is -3.26. The molecule has 3 aromatic rings. The summed E-state index contributed by atoms with van der Waals surface area (Å²) in [5.74, 6) is -0.370. The molecular weight excluding hydrogens is 346 g/mol. The smallest absolute Gasteiger partial charge is 0.274 e. The van der Waals surface area contributed by atoms with Gasteiger partial charge in [-0.15, -0.1) is 0 Å². The molecule has 0 bridgehead atoms. The molecule has 1 aliphatic heterocycles. The van der Waals surface area contributed by atoms with E-state index in [0.717, 1.165) is 5.56 Å². The molecule has 0 saturated carbocycles. The van der Waals surface area contributed by atoms with E-state index in [0.29, 0.717) is 48.9 Å². The van der Waals surface area contributed by atoms with Crippen LogP contribution in [0, 0.1) is 6.92 Å². The van der Waals surface area contributed by atoms with E-state index in [2.05, 4.69) is 15.4 Å². The molecular formula is C19H19N5O3. The van der Waals surface area contributed by atoms with Crippen molar-refractivity contribution in [3.05, 3.63) is 59.5 Å². The number of benzene rings is 1. The molecule has 3 heterocycles. The van der Waals surface area contributed by atoms with Crippen molar-refractivity contribution < 1.29 is 14.3 Å². The fourth-order valence-electron chi connectivity index (χ4n) is 3.08. The summed E-state index contributed by atoms with van der Waals surface area (Å²) in [4.78, 5) is 31.3. The molecule has 1 aliphatic rings. The first-order chi connectivity index (χ1) is 13.1. The molecule has 0 radical (unpaired) electrons. The van der Waals surface area contributed by atoms with Crippen molar-refractivity contribution in [2.45, 2.75) is 6.92 Å². The molecule has 27 heavy (non-hydrogen) atoms. The number of nitrogens with zero attached hydrogens (tertiary/aromatic N) is 4. The summed E-state index contributed by atoms with van der Waals surface area (Å²) >= 11 is 0. The number of pyridine rings is 1. The lowest BCUT2D eigenvalue weighted by molar-refractivity contribution is 0.0302. The highest BCUT2D eigenvalue weighted by Gasteiger charge is 2.21. The van der Waals surface area contributed by atoms with Crippen molar-refractivity contribution in [3.63, 3.8) is 0 Å². The minimum Gasteiger partial charge on any atom is -0.378 e. The number of nitrogens with one attached hydrogen (secondary N) is 1. The van der Waals surface area contributed by atoms with Crippen molar-refractivity contribution in [3.8, 4) is 0 Å². The van der Waals surface area contributed by atoms with Crippen LogP contribution in [0.3, 0.4) is 0 Å². The highest BCUT2D eigenvalue weighted by molar-refractivity contribution is 6.04. The summed E-state index contributed by atoms with van der Waals surface area (Å²) in [7, 11) is 0. The van der Waals surface area contributed by atoms with Crippen molar-refractivity contribution in [2.24, 2.45) is 0 Å². The van der Waals surface area contributed by atoms with Gasteiger partial charge in [-0.2, -0.15) is 5.10 Å². The predicted octanol–water partition coefficient (Wildman–Crippen LogP) is 1.76. The summed E-state index contributed by atoms with van der Waals surface area (Å²) < 4.78 is 6.78. The van der Waals surface area contributed by atoms with Gasteiger partial charge in [0.25, 0.3) is 11.8 Å². The van der Waals surface area contributed by atoms with Gasteiger partial charge in [0, 0.05) is 24.3 Å². The fourth-order valence-corrected chi connectivity index (χ4v) is 3.08. The Morgan fingerprint density at radius 1 is 1.15 bits per heavy atom. The van der Waals surface area contributed by atoms with Gasteiger partial charge < -0.3 is 15.0 Å². The minimum atomic E-state index is -0.320. The van der Waals surface area contributed by atoms with Crippen LogP contribution >= 0.6 is 0 Å². The second kappa shape index (κ2) is 7.16. The summed E-state index contributed by atoms with van der Waals surface area (Å²) in [6.07, 6.45) is 1.40. The summed E-state index contributed by atoms with van der Waals surface area (Å²) in [6, 6.07) is 10.5. The Labute approximate surface area is 155 Å². The molecule has 8 nitrogen and oxygen atoms in total. The van der Waals surface area contributed by atoms with Crippen LogP contribution in [0.4, 0.5) is 5.69 Å². The molecule has 8 heteroatoms. The van der Waals surface area contributed by atoms with Gasteiger partial charge in [0.15, 0.2) is 5.65 Å². The first kappa shape index (κ1) is 17.2. The minimum absolute atomic E-state index is 0.0507. The molecule has 1 aromatic carbocycles. The number of amides is 2. The van der Waals surface area contributed by atoms with E-state index in [-0.39, 0.29) is 11.8 Å². The zero-order chi connectivity index (χ0) is 18.8. The number of carbonyl (C=O) groups excluding carboxylic acids is 2. The fraction of sp³-hybridized carbons (Fsp3) is 0.263. The molecule has 0 spiro atoms. The zero-order valence-corrected chi connectivity index (χ0v) is 14.9. The maximum Gasteiger partial charge on any atom is 0.274 e. The lowest BCUT2D eigenvalue weighted by atomic mass is 10.1. The molecule has 0 atom stereocenters. The molecule has 1 saturated heterocycles. The number of rotatable bonds is 3. The van der Waals surface area contributed by atoms with Crippen molar-refractivity contribution in [2.75, 3.05) is 31.6 Å². The molecule has 138 valence electrons. The average Bonchev–Trinajstić information content (AvgIpc) is 3.18.